The maximum atomic E-state index is 13.3. The van der Waals surface area contributed by atoms with Gasteiger partial charge in [0.2, 0.25) is 10.0 Å². The fraction of sp³-hybridized carbons (Fsp3) is 0.261. The SMILES string of the molecule is Cc1cccc(-n2c(C)cc(C(=O)N(C)C(C)c3cccc(S(N)(=O)=O)c3)c2C)c1. The first-order chi connectivity index (χ1) is 14.0. The summed E-state index contributed by atoms with van der Waals surface area (Å²) >= 11 is 0. The van der Waals surface area contributed by atoms with Gasteiger partial charge in [0.15, 0.2) is 0 Å². The molecule has 3 aromatic rings. The zero-order valence-corrected chi connectivity index (χ0v) is 18.7. The van der Waals surface area contributed by atoms with Gasteiger partial charge in [0.1, 0.15) is 0 Å². The highest BCUT2D eigenvalue weighted by Gasteiger charge is 2.24. The third kappa shape index (κ3) is 4.17. The van der Waals surface area contributed by atoms with Crippen LogP contribution in [0.3, 0.4) is 0 Å². The van der Waals surface area contributed by atoms with Gasteiger partial charge in [0.05, 0.1) is 16.5 Å². The van der Waals surface area contributed by atoms with Gasteiger partial charge in [-0.05, 0) is 69.2 Å². The van der Waals surface area contributed by atoms with E-state index in [9.17, 15) is 13.2 Å². The van der Waals surface area contributed by atoms with Crippen molar-refractivity contribution in [1.29, 1.82) is 0 Å². The number of rotatable bonds is 5. The number of aryl methyl sites for hydroxylation is 2. The molecule has 0 aliphatic heterocycles. The average molecular weight is 426 g/mol. The van der Waals surface area contributed by atoms with E-state index in [1.54, 1.807) is 24.1 Å². The van der Waals surface area contributed by atoms with Gasteiger partial charge < -0.3 is 9.47 Å². The van der Waals surface area contributed by atoms with Crippen LogP contribution in [0.1, 0.15) is 45.8 Å². The first-order valence-corrected chi connectivity index (χ1v) is 11.2. The summed E-state index contributed by atoms with van der Waals surface area (Å²) in [5, 5.41) is 5.25. The highest BCUT2D eigenvalue weighted by Crippen LogP contribution is 2.27. The molecule has 0 fully saturated rings. The normalized spacial score (nSPS) is 12.6. The van der Waals surface area contributed by atoms with Crippen LogP contribution >= 0.6 is 0 Å². The molecule has 7 heteroatoms. The first kappa shape index (κ1) is 21.8. The lowest BCUT2D eigenvalue weighted by molar-refractivity contribution is 0.0742. The average Bonchev–Trinajstić information content (AvgIpc) is 2.99. The van der Waals surface area contributed by atoms with Crippen LogP contribution in [-0.2, 0) is 10.0 Å². The Balaban J connectivity index is 1.95. The lowest BCUT2D eigenvalue weighted by Gasteiger charge is -2.26. The van der Waals surface area contributed by atoms with Gasteiger partial charge in [-0.2, -0.15) is 0 Å². The van der Waals surface area contributed by atoms with Gasteiger partial charge in [-0.25, -0.2) is 13.6 Å². The van der Waals surface area contributed by atoms with Gasteiger partial charge in [0.25, 0.3) is 5.91 Å². The highest BCUT2D eigenvalue weighted by atomic mass is 32.2. The molecular formula is C23H27N3O3S. The van der Waals surface area contributed by atoms with E-state index in [4.69, 9.17) is 5.14 Å². The number of hydrogen-bond acceptors (Lipinski definition) is 3. The Hall–Kier alpha value is -2.90. The predicted molar refractivity (Wildman–Crippen MR) is 118 cm³/mol. The molecule has 0 aliphatic carbocycles. The van der Waals surface area contributed by atoms with Gasteiger partial charge >= 0.3 is 0 Å². The van der Waals surface area contributed by atoms with Gasteiger partial charge in [-0.3, -0.25) is 4.79 Å². The minimum atomic E-state index is -3.81. The van der Waals surface area contributed by atoms with Crippen molar-refractivity contribution < 1.29 is 13.2 Å². The Bertz CT molecular complexity index is 1210. The molecule has 6 nitrogen and oxygen atoms in total. The Morgan fingerprint density at radius 3 is 2.33 bits per heavy atom. The van der Waals surface area contributed by atoms with E-state index in [1.165, 1.54) is 12.1 Å². The summed E-state index contributed by atoms with van der Waals surface area (Å²) in [5.41, 5.74) is 5.31. The Kier molecular flexibility index (Phi) is 5.87. The summed E-state index contributed by atoms with van der Waals surface area (Å²) < 4.78 is 25.4. The second-order valence-electron chi connectivity index (χ2n) is 7.67. The van der Waals surface area contributed by atoms with Crippen molar-refractivity contribution >= 4 is 15.9 Å². The molecule has 158 valence electrons. The number of nitrogens with two attached hydrogens (primary N) is 1. The third-order valence-corrected chi connectivity index (χ3v) is 6.40. The molecule has 0 aliphatic rings. The molecule has 0 radical (unpaired) electrons. The van der Waals surface area contributed by atoms with Crippen LogP contribution in [0.15, 0.2) is 59.5 Å². The van der Waals surface area contributed by atoms with Crippen LogP contribution in [-0.4, -0.2) is 30.8 Å². The zero-order valence-electron chi connectivity index (χ0n) is 17.9. The lowest BCUT2D eigenvalue weighted by atomic mass is 10.1. The van der Waals surface area contributed by atoms with Crippen molar-refractivity contribution in [2.75, 3.05) is 7.05 Å². The summed E-state index contributed by atoms with van der Waals surface area (Å²) in [6.07, 6.45) is 0. The van der Waals surface area contributed by atoms with Crippen molar-refractivity contribution in [1.82, 2.24) is 9.47 Å². The fourth-order valence-electron chi connectivity index (χ4n) is 3.68. The van der Waals surface area contributed by atoms with Crippen LogP contribution in [0.5, 0.6) is 0 Å². The molecule has 0 saturated carbocycles. The lowest BCUT2D eigenvalue weighted by Crippen LogP contribution is -2.30. The summed E-state index contributed by atoms with van der Waals surface area (Å²) in [4.78, 5) is 14.9. The van der Waals surface area contributed by atoms with Crippen molar-refractivity contribution in [2.24, 2.45) is 5.14 Å². The summed E-state index contributed by atoms with van der Waals surface area (Å²) in [7, 11) is -2.09. The number of benzene rings is 2. The van der Waals surface area contributed by atoms with E-state index in [1.807, 2.05) is 52.0 Å². The number of hydrogen-bond donors (Lipinski definition) is 1. The molecule has 1 atom stereocenters. The maximum Gasteiger partial charge on any atom is 0.255 e. The molecule has 0 bridgehead atoms. The minimum Gasteiger partial charge on any atom is -0.335 e. The summed E-state index contributed by atoms with van der Waals surface area (Å²) in [6.45, 7) is 7.81. The number of carbonyl (C=O) groups excluding carboxylic acids is 1. The quantitative estimate of drug-likeness (QED) is 0.673. The van der Waals surface area contributed by atoms with E-state index in [2.05, 4.69) is 10.6 Å². The Morgan fingerprint density at radius 2 is 1.70 bits per heavy atom. The molecular weight excluding hydrogens is 398 g/mol. The summed E-state index contributed by atoms with van der Waals surface area (Å²) in [6, 6.07) is 16.1. The zero-order chi connectivity index (χ0) is 22.2. The second-order valence-corrected chi connectivity index (χ2v) is 9.23. The van der Waals surface area contributed by atoms with Gasteiger partial charge in [0, 0.05) is 24.1 Å². The Labute approximate surface area is 178 Å². The van der Waals surface area contributed by atoms with Gasteiger partial charge in [-0.15, -0.1) is 0 Å². The molecule has 1 heterocycles. The van der Waals surface area contributed by atoms with E-state index < -0.39 is 10.0 Å². The number of aromatic nitrogens is 1. The van der Waals surface area contributed by atoms with E-state index >= 15 is 0 Å². The molecule has 2 aromatic carbocycles. The number of sulfonamides is 1. The largest absolute Gasteiger partial charge is 0.335 e. The van der Waals surface area contributed by atoms with Crippen LogP contribution in [0.4, 0.5) is 0 Å². The van der Waals surface area contributed by atoms with Crippen LogP contribution in [0.2, 0.25) is 0 Å². The standard InChI is InChI=1S/C23H27N3O3S/c1-15-8-6-10-20(12-15)26-16(2)13-22(18(26)4)23(27)25(5)17(3)19-9-7-11-21(14-19)30(24,28)29/h6-14,17H,1-5H3,(H2,24,28,29). The third-order valence-electron chi connectivity index (χ3n) is 5.49. The second kappa shape index (κ2) is 8.08. The monoisotopic (exact) mass is 425 g/mol. The molecule has 1 unspecified atom stereocenters. The molecule has 3 rings (SSSR count). The van der Waals surface area contributed by atoms with E-state index in [0.717, 1.165) is 22.6 Å². The minimum absolute atomic E-state index is 0.0327. The number of nitrogens with zero attached hydrogens (tertiary/aromatic N) is 2. The van der Waals surface area contributed by atoms with Gasteiger partial charge in [-0.1, -0.05) is 24.3 Å². The first-order valence-electron chi connectivity index (χ1n) is 9.66. The topological polar surface area (TPSA) is 85.4 Å². The molecule has 0 saturated heterocycles. The molecule has 1 aromatic heterocycles. The smallest absolute Gasteiger partial charge is 0.255 e. The number of primary sulfonamides is 1. The van der Waals surface area contributed by atoms with Crippen LogP contribution < -0.4 is 5.14 Å². The fourth-order valence-corrected chi connectivity index (χ4v) is 4.25. The number of carbonyl (C=O) groups is 1. The van der Waals surface area contributed by atoms with Crippen molar-refractivity contribution in [2.45, 2.75) is 38.6 Å². The van der Waals surface area contributed by atoms with Crippen molar-refractivity contribution in [3.05, 3.63) is 82.7 Å². The molecule has 30 heavy (non-hydrogen) atoms. The molecule has 1 amide bonds. The summed E-state index contributed by atoms with van der Waals surface area (Å²) in [5.74, 6) is -0.129. The molecule has 0 spiro atoms. The van der Waals surface area contributed by atoms with Crippen LogP contribution in [0.25, 0.3) is 5.69 Å². The number of amides is 1. The highest BCUT2D eigenvalue weighted by molar-refractivity contribution is 7.89. The maximum absolute atomic E-state index is 13.3. The predicted octanol–water partition coefficient (Wildman–Crippen LogP) is 3.88. The van der Waals surface area contributed by atoms with Crippen LogP contribution in [0, 0.1) is 20.8 Å². The van der Waals surface area contributed by atoms with Crippen molar-refractivity contribution in [3.8, 4) is 5.69 Å². The van der Waals surface area contributed by atoms with E-state index in [-0.39, 0.29) is 16.8 Å². The molecule has 2 N–H and O–H groups in total. The van der Waals surface area contributed by atoms with E-state index in [0.29, 0.717) is 11.1 Å². The van der Waals surface area contributed by atoms with Crippen molar-refractivity contribution in [3.63, 3.8) is 0 Å². The Morgan fingerprint density at radius 1 is 1.03 bits per heavy atom.